The Bertz CT molecular complexity index is 728. The minimum atomic E-state index is -0.0358. The van der Waals surface area contributed by atoms with Crippen LogP contribution in [0.2, 0.25) is 0 Å². The topological polar surface area (TPSA) is 57.7 Å². The first-order chi connectivity index (χ1) is 13.6. The fourth-order valence-corrected chi connectivity index (χ4v) is 3.51. The average Bonchev–Trinajstić information content (AvgIpc) is 2.74. The van der Waals surface area contributed by atoms with Crippen LogP contribution in [0.3, 0.4) is 0 Å². The third kappa shape index (κ3) is 5.96. The number of piperidine rings is 1. The second kappa shape index (κ2) is 10.1. The number of aromatic nitrogens is 1. The molecule has 1 saturated heterocycles. The third-order valence-electron chi connectivity index (χ3n) is 5.29. The number of ether oxygens (including phenoxy) is 1. The quantitative estimate of drug-likeness (QED) is 0.799. The molecule has 1 fully saturated rings. The highest BCUT2D eigenvalue weighted by molar-refractivity contribution is 5.73. The molecule has 1 aromatic heterocycles. The summed E-state index contributed by atoms with van der Waals surface area (Å²) in [6.07, 6.45) is 3.97. The summed E-state index contributed by atoms with van der Waals surface area (Å²) in [5.41, 5.74) is 2.20. The number of amides is 2. The summed E-state index contributed by atoms with van der Waals surface area (Å²) in [6.45, 7) is 4.36. The SMILES string of the molecule is COc1ccc(CN2CCC(CNC(=O)N(C)Cc3ccccn3)CC2)cc1. The van der Waals surface area contributed by atoms with Crippen LogP contribution in [0.5, 0.6) is 5.75 Å². The summed E-state index contributed by atoms with van der Waals surface area (Å²) in [6, 6.07) is 14.0. The van der Waals surface area contributed by atoms with Crippen molar-refractivity contribution in [3.05, 3.63) is 59.9 Å². The van der Waals surface area contributed by atoms with Crippen molar-refractivity contribution in [2.45, 2.75) is 25.9 Å². The Balaban J connectivity index is 1.36. The van der Waals surface area contributed by atoms with E-state index in [0.29, 0.717) is 12.5 Å². The van der Waals surface area contributed by atoms with Gasteiger partial charge in [-0.05, 0) is 61.7 Å². The van der Waals surface area contributed by atoms with Crippen LogP contribution in [0.4, 0.5) is 4.79 Å². The molecule has 0 spiro atoms. The number of benzene rings is 1. The van der Waals surface area contributed by atoms with Gasteiger partial charge in [-0.1, -0.05) is 18.2 Å². The van der Waals surface area contributed by atoms with Crippen molar-refractivity contribution in [2.75, 3.05) is 33.8 Å². The number of carbonyl (C=O) groups is 1. The van der Waals surface area contributed by atoms with Gasteiger partial charge in [0.05, 0.1) is 19.3 Å². The van der Waals surface area contributed by atoms with Crippen LogP contribution >= 0.6 is 0 Å². The van der Waals surface area contributed by atoms with Crippen molar-refractivity contribution < 1.29 is 9.53 Å². The van der Waals surface area contributed by atoms with E-state index in [1.165, 1.54) is 5.56 Å². The minimum absolute atomic E-state index is 0.0358. The van der Waals surface area contributed by atoms with Crippen LogP contribution in [0, 0.1) is 5.92 Å². The van der Waals surface area contributed by atoms with Gasteiger partial charge in [0.1, 0.15) is 5.75 Å². The van der Waals surface area contributed by atoms with Crippen molar-refractivity contribution in [1.82, 2.24) is 20.1 Å². The summed E-state index contributed by atoms with van der Waals surface area (Å²) in [4.78, 5) is 20.7. The number of rotatable bonds is 7. The van der Waals surface area contributed by atoms with Gasteiger partial charge < -0.3 is 15.0 Å². The number of hydrogen-bond acceptors (Lipinski definition) is 4. The smallest absolute Gasteiger partial charge is 0.317 e. The molecule has 2 heterocycles. The molecule has 1 aliphatic rings. The summed E-state index contributed by atoms with van der Waals surface area (Å²) >= 11 is 0. The van der Waals surface area contributed by atoms with E-state index in [2.05, 4.69) is 27.3 Å². The maximum atomic E-state index is 12.3. The number of nitrogens with zero attached hydrogens (tertiary/aromatic N) is 3. The largest absolute Gasteiger partial charge is 0.497 e. The number of pyridine rings is 1. The lowest BCUT2D eigenvalue weighted by molar-refractivity contribution is 0.170. The predicted molar refractivity (Wildman–Crippen MR) is 110 cm³/mol. The Labute approximate surface area is 167 Å². The molecule has 0 aliphatic carbocycles. The van der Waals surface area contributed by atoms with Gasteiger partial charge in [-0.2, -0.15) is 0 Å². The van der Waals surface area contributed by atoms with Gasteiger partial charge in [0, 0.05) is 26.3 Å². The van der Waals surface area contributed by atoms with E-state index < -0.39 is 0 Å². The van der Waals surface area contributed by atoms with E-state index in [1.807, 2.05) is 37.4 Å². The number of methoxy groups -OCH3 is 1. The Morgan fingerprint density at radius 3 is 2.61 bits per heavy atom. The van der Waals surface area contributed by atoms with Crippen LogP contribution in [0.15, 0.2) is 48.7 Å². The van der Waals surface area contributed by atoms with Gasteiger partial charge in [0.2, 0.25) is 0 Å². The number of nitrogens with one attached hydrogen (secondary N) is 1. The lowest BCUT2D eigenvalue weighted by Gasteiger charge is -2.32. The molecule has 2 amide bonds. The van der Waals surface area contributed by atoms with Gasteiger partial charge in [0.15, 0.2) is 0 Å². The van der Waals surface area contributed by atoms with Crippen molar-refractivity contribution >= 4 is 6.03 Å². The predicted octanol–water partition coefficient (Wildman–Crippen LogP) is 3.14. The first-order valence-corrected chi connectivity index (χ1v) is 9.88. The first kappa shape index (κ1) is 20.1. The van der Waals surface area contributed by atoms with Crippen LogP contribution in [0.25, 0.3) is 0 Å². The molecule has 1 aliphatic heterocycles. The lowest BCUT2D eigenvalue weighted by Crippen LogP contribution is -2.42. The third-order valence-corrected chi connectivity index (χ3v) is 5.29. The van der Waals surface area contributed by atoms with Gasteiger partial charge >= 0.3 is 6.03 Å². The fourth-order valence-electron chi connectivity index (χ4n) is 3.51. The minimum Gasteiger partial charge on any atom is -0.497 e. The Morgan fingerprint density at radius 2 is 1.96 bits per heavy atom. The van der Waals surface area contributed by atoms with E-state index in [1.54, 1.807) is 18.2 Å². The molecule has 0 atom stereocenters. The molecule has 6 heteroatoms. The van der Waals surface area contributed by atoms with Crippen LogP contribution in [-0.4, -0.2) is 54.6 Å². The summed E-state index contributed by atoms with van der Waals surface area (Å²) in [5, 5.41) is 3.08. The van der Waals surface area contributed by atoms with Crippen molar-refractivity contribution in [3.63, 3.8) is 0 Å². The van der Waals surface area contributed by atoms with Crippen LogP contribution < -0.4 is 10.1 Å². The molecule has 1 N–H and O–H groups in total. The molecule has 2 aromatic rings. The first-order valence-electron chi connectivity index (χ1n) is 9.88. The van der Waals surface area contributed by atoms with Gasteiger partial charge in [-0.25, -0.2) is 4.79 Å². The van der Waals surface area contributed by atoms with Crippen molar-refractivity contribution in [2.24, 2.45) is 5.92 Å². The molecule has 3 rings (SSSR count). The molecule has 0 radical (unpaired) electrons. The summed E-state index contributed by atoms with van der Waals surface area (Å²) < 4.78 is 5.21. The molecule has 0 saturated carbocycles. The summed E-state index contributed by atoms with van der Waals surface area (Å²) in [5.74, 6) is 1.44. The maximum absolute atomic E-state index is 12.3. The van der Waals surface area contributed by atoms with E-state index in [0.717, 1.165) is 50.5 Å². The van der Waals surface area contributed by atoms with Gasteiger partial charge in [0.25, 0.3) is 0 Å². The molecule has 150 valence electrons. The second-order valence-corrected chi connectivity index (χ2v) is 7.43. The lowest BCUT2D eigenvalue weighted by atomic mass is 9.96. The average molecular weight is 383 g/mol. The zero-order valence-corrected chi connectivity index (χ0v) is 16.8. The van der Waals surface area contributed by atoms with E-state index >= 15 is 0 Å². The van der Waals surface area contributed by atoms with Gasteiger partial charge in [-0.15, -0.1) is 0 Å². The van der Waals surface area contributed by atoms with Crippen molar-refractivity contribution in [3.8, 4) is 5.75 Å². The zero-order valence-electron chi connectivity index (χ0n) is 16.8. The molecule has 0 bridgehead atoms. The number of likely N-dealkylation sites (tertiary alicyclic amines) is 1. The van der Waals surface area contributed by atoms with E-state index in [9.17, 15) is 4.79 Å². The van der Waals surface area contributed by atoms with Crippen LogP contribution in [-0.2, 0) is 13.1 Å². The number of urea groups is 1. The molecule has 0 unspecified atom stereocenters. The normalized spacial score (nSPS) is 15.2. The number of carbonyl (C=O) groups excluding carboxylic acids is 1. The Hall–Kier alpha value is -2.60. The Morgan fingerprint density at radius 1 is 1.21 bits per heavy atom. The standard InChI is InChI=1S/C22H30N4O2/c1-25(17-20-5-3-4-12-23-20)22(27)24-15-18-10-13-26(14-11-18)16-19-6-8-21(28-2)9-7-19/h3-9,12,18H,10-11,13-17H2,1-2H3,(H,24,27). The maximum Gasteiger partial charge on any atom is 0.317 e. The van der Waals surface area contributed by atoms with Crippen LogP contribution in [0.1, 0.15) is 24.1 Å². The highest BCUT2D eigenvalue weighted by atomic mass is 16.5. The Kier molecular flexibility index (Phi) is 7.25. The fraction of sp³-hybridized carbons (Fsp3) is 0.455. The molecule has 6 nitrogen and oxygen atoms in total. The molecule has 28 heavy (non-hydrogen) atoms. The van der Waals surface area contributed by atoms with E-state index in [-0.39, 0.29) is 6.03 Å². The monoisotopic (exact) mass is 382 g/mol. The number of hydrogen-bond donors (Lipinski definition) is 1. The molecular weight excluding hydrogens is 352 g/mol. The molecular formula is C22H30N4O2. The highest BCUT2D eigenvalue weighted by Crippen LogP contribution is 2.19. The van der Waals surface area contributed by atoms with Crippen molar-refractivity contribution in [1.29, 1.82) is 0 Å². The van der Waals surface area contributed by atoms with Gasteiger partial charge in [-0.3, -0.25) is 9.88 Å². The zero-order chi connectivity index (χ0) is 19.8. The second-order valence-electron chi connectivity index (χ2n) is 7.43. The highest BCUT2D eigenvalue weighted by Gasteiger charge is 2.20. The summed E-state index contributed by atoms with van der Waals surface area (Å²) in [7, 11) is 3.50. The van der Waals surface area contributed by atoms with E-state index in [4.69, 9.17) is 4.74 Å². The molecule has 1 aromatic carbocycles.